The zero-order valence-corrected chi connectivity index (χ0v) is 17.7. The molecule has 30 heavy (non-hydrogen) atoms. The van der Waals surface area contributed by atoms with Gasteiger partial charge in [0.2, 0.25) is 5.91 Å². The summed E-state index contributed by atoms with van der Waals surface area (Å²) in [5.41, 5.74) is 4.77. The monoisotopic (exact) mass is 417 g/mol. The summed E-state index contributed by atoms with van der Waals surface area (Å²) in [6.45, 7) is 0.731. The van der Waals surface area contributed by atoms with Crippen molar-refractivity contribution in [3.63, 3.8) is 0 Å². The highest BCUT2D eigenvalue weighted by Gasteiger charge is 2.48. The fourth-order valence-electron chi connectivity index (χ4n) is 4.76. The first-order valence-corrected chi connectivity index (χ1v) is 10.8. The summed E-state index contributed by atoms with van der Waals surface area (Å²) in [5, 5.41) is 0.698. The van der Waals surface area contributed by atoms with Gasteiger partial charge < -0.3 is 9.64 Å². The zero-order valence-electron chi connectivity index (χ0n) is 16.9. The van der Waals surface area contributed by atoms with Crippen LogP contribution in [0.2, 0.25) is 5.02 Å². The Bertz CT molecular complexity index is 1100. The number of hydrogen-bond donors (Lipinski definition) is 0. The Labute approximate surface area is 182 Å². The second-order valence-corrected chi connectivity index (χ2v) is 8.60. The molecule has 152 valence electrons. The summed E-state index contributed by atoms with van der Waals surface area (Å²) in [5.74, 6) is 1.38. The van der Waals surface area contributed by atoms with Crippen molar-refractivity contribution < 1.29 is 9.53 Å². The first-order valence-electron chi connectivity index (χ1n) is 10.4. The Kier molecular flexibility index (Phi) is 5.00. The number of halogens is 1. The van der Waals surface area contributed by atoms with Crippen molar-refractivity contribution in [2.75, 3.05) is 13.7 Å². The summed E-state index contributed by atoms with van der Waals surface area (Å²) in [6.07, 6.45) is 1.78. The number of carbonyl (C=O) groups is 1. The van der Waals surface area contributed by atoms with E-state index >= 15 is 0 Å². The molecule has 1 heterocycles. The van der Waals surface area contributed by atoms with Gasteiger partial charge in [-0.15, -0.1) is 0 Å². The van der Waals surface area contributed by atoms with E-state index in [1.54, 1.807) is 7.11 Å². The summed E-state index contributed by atoms with van der Waals surface area (Å²) in [4.78, 5) is 15.7. The molecule has 3 aromatic rings. The maximum atomic E-state index is 13.6. The summed E-state index contributed by atoms with van der Waals surface area (Å²) < 4.78 is 5.36. The van der Waals surface area contributed by atoms with Crippen LogP contribution < -0.4 is 4.74 Å². The molecule has 0 aromatic heterocycles. The van der Waals surface area contributed by atoms with E-state index in [4.69, 9.17) is 16.3 Å². The molecule has 1 unspecified atom stereocenters. The minimum absolute atomic E-state index is 0.0315. The van der Waals surface area contributed by atoms with Gasteiger partial charge in [-0.25, -0.2) is 0 Å². The highest BCUT2D eigenvalue weighted by atomic mass is 35.5. The molecule has 0 spiro atoms. The van der Waals surface area contributed by atoms with Gasteiger partial charge in [-0.2, -0.15) is 0 Å². The maximum Gasteiger partial charge on any atom is 0.227 e. The second-order valence-electron chi connectivity index (χ2n) is 8.16. The molecule has 5 rings (SSSR count). The number of carbonyl (C=O) groups excluding carboxylic acids is 1. The van der Waals surface area contributed by atoms with Crippen molar-refractivity contribution in [1.82, 2.24) is 4.90 Å². The molecule has 0 bridgehead atoms. The Morgan fingerprint density at radius 3 is 2.63 bits per heavy atom. The molecule has 1 fully saturated rings. The lowest BCUT2D eigenvalue weighted by Crippen LogP contribution is -2.41. The van der Waals surface area contributed by atoms with Gasteiger partial charge in [0.25, 0.3) is 0 Å². The lowest BCUT2D eigenvalue weighted by atomic mass is 9.88. The molecule has 1 aliphatic heterocycles. The Morgan fingerprint density at radius 1 is 1.00 bits per heavy atom. The fourth-order valence-corrected chi connectivity index (χ4v) is 4.96. The number of ether oxygens (including phenoxy) is 1. The third-order valence-electron chi connectivity index (χ3n) is 6.36. The summed E-state index contributed by atoms with van der Waals surface area (Å²) in [6, 6.07) is 24.4. The SMILES string of the molecule is COc1cccc([C@@H]2C[C@H]2C(=O)N2CCc3ccccc3C2c2cccc(Cl)c2)c1. The van der Waals surface area contributed by atoms with Crippen LogP contribution in [0.4, 0.5) is 0 Å². The van der Waals surface area contributed by atoms with Gasteiger partial charge in [-0.3, -0.25) is 4.79 Å². The topological polar surface area (TPSA) is 29.5 Å². The molecule has 1 aliphatic carbocycles. The zero-order chi connectivity index (χ0) is 20.7. The molecule has 4 heteroatoms. The third-order valence-corrected chi connectivity index (χ3v) is 6.60. The van der Waals surface area contributed by atoms with Crippen LogP contribution in [-0.4, -0.2) is 24.5 Å². The van der Waals surface area contributed by atoms with Crippen molar-refractivity contribution in [1.29, 1.82) is 0 Å². The van der Waals surface area contributed by atoms with Crippen LogP contribution >= 0.6 is 11.6 Å². The van der Waals surface area contributed by atoms with E-state index in [1.807, 2.05) is 30.3 Å². The molecular formula is C26H24ClNO2. The van der Waals surface area contributed by atoms with Crippen molar-refractivity contribution in [2.24, 2.45) is 5.92 Å². The molecule has 3 nitrogen and oxygen atoms in total. The fraction of sp³-hybridized carbons (Fsp3) is 0.269. The van der Waals surface area contributed by atoms with Crippen LogP contribution in [0.1, 0.15) is 40.6 Å². The summed E-state index contributed by atoms with van der Waals surface area (Å²) in [7, 11) is 1.68. The number of amides is 1. The molecule has 3 aromatic carbocycles. The predicted octanol–water partition coefficient (Wildman–Crippen LogP) is 5.63. The van der Waals surface area contributed by atoms with E-state index in [0.717, 1.165) is 30.7 Å². The first-order chi connectivity index (χ1) is 14.7. The van der Waals surface area contributed by atoms with Crippen LogP contribution in [0.25, 0.3) is 0 Å². The maximum absolute atomic E-state index is 13.6. The van der Waals surface area contributed by atoms with Gasteiger partial charge >= 0.3 is 0 Å². The molecule has 1 saturated carbocycles. The number of rotatable bonds is 4. The van der Waals surface area contributed by atoms with Crippen molar-refractivity contribution in [2.45, 2.75) is 24.8 Å². The van der Waals surface area contributed by atoms with Gasteiger partial charge in [-0.1, -0.05) is 60.1 Å². The lowest BCUT2D eigenvalue weighted by molar-refractivity contribution is -0.134. The van der Waals surface area contributed by atoms with Crippen LogP contribution in [0.5, 0.6) is 5.75 Å². The van der Waals surface area contributed by atoms with Crippen LogP contribution in [0.15, 0.2) is 72.8 Å². The average molecular weight is 418 g/mol. The average Bonchev–Trinajstić information content (AvgIpc) is 3.59. The number of hydrogen-bond acceptors (Lipinski definition) is 2. The summed E-state index contributed by atoms with van der Waals surface area (Å²) >= 11 is 6.31. The minimum atomic E-state index is -0.0901. The van der Waals surface area contributed by atoms with E-state index < -0.39 is 0 Å². The van der Waals surface area contributed by atoms with Crippen molar-refractivity contribution >= 4 is 17.5 Å². The second kappa shape index (κ2) is 7.81. The third kappa shape index (κ3) is 3.48. The molecule has 1 amide bonds. The predicted molar refractivity (Wildman–Crippen MR) is 119 cm³/mol. The van der Waals surface area contributed by atoms with Crippen molar-refractivity contribution in [3.05, 3.63) is 100 Å². The standard InChI is InChI=1S/C26H24ClNO2/c1-30-21-10-5-7-18(15-21)23-16-24(23)26(29)28-13-12-17-6-2-3-11-22(17)25(28)19-8-4-9-20(27)14-19/h2-11,14-15,23-25H,12-13,16H2,1H3/t23-,24+,25?/m0/s1. The van der Waals surface area contributed by atoms with E-state index in [2.05, 4.69) is 47.4 Å². The Morgan fingerprint density at radius 2 is 1.80 bits per heavy atom. The van der Waals surface area contributed by atoms with Gasteiger partial charge in [0.15, 0.2) is 0 Å². The van der Waals surface area contributed by atoms with Crippen LogP contribution in [0, 0.1) is 5.92 Å². The van der Waals surface area contributed by atoms with Crippen LogP contribution in [-0.2, 0) is 11.2 Å². The van der Waals surface area contributed by atoms with Crippen LogP contribution in [0.3, 0.4) is 0 Å². The van der Waals surface area contributed by atoms with Gasteiger partial charge in [0.05, 0.1) is 13.2 Å². The van der Waals surface area contributed by atoms with Gasteiger partial charge in [0.1, 0.15) is 5.75 Å². The molecule has 3 atom stereocenters. The first kappa shape index (κ1) is 19.2. The molecular weight excluding hydrogens is 394 g/mol. The normalized spacial score (nSPS) is 22.3. The number of benzene rings is 3. The van der Waals surface area contributed by atoms with E-state index in [-0.39, 0.29) is 23.8 Å². The Balaban J connectivity index is 1.46. The molecule has 0 radical (unpaired) electrons. The quantitative estimate of drug-likeness (QED) is 0.550. The number of nitrogens with zero attached hydrogens (tertiary/aromatic N) is 1. The number of fused-ring (bicyclic) bond motifs is 1. The van der Waals surface area contributed by atoms with E-state index in [9.17, 15) is 4.79 Å². The molecule has 0 N–H and O–H groups in total. The lowest BCUT2D eigenvalue weighted by Gasteiger charge is -2.38. The van der Waals surface area contributed by atoms with Gasteiger partial charge in [0, 0.05) is 17.5 Å². The van der Waals surface area contributed by atoms with Crippen molar-refractivity contribution in [3.8, 4) is 5.75 Å². The van der Waals surface area contributed by atoms with E-state index in [0.29, 0.717) is 5.02 Å². The highest BCUT2D eigenvalue weighted by molar-refractivity contribution is 6.30. The Hall–Kier alpha value is -2.78. The van der Waals surface area contributed by atoms with E-state index in [1.165, 1.54) is 16.7 Å². The largest absolute Gasteiger partial charge is 0.497 e. The smallest absolute Gasteiger partial charge is 0.227 e. The number of methoxy groups -OCH3 is 1. The highest BCUT2D eigenvalue weighted by Crippen LogP contribution is 2.50. The minimum Gasteiger partial charge on any atom is -0.497 e. The molecule has 2 aliphatic rings. The van der Waals surface area contributed by atoms with Gasteiger partial charge in [-0.05, 0) is 65.3 Å². The molecule has 0 saturated heterocycles.